The number of nitrogens with one attached hydrogen (secondary N) is 1. The van der Waals surface area contributed by atoms with Gasteiger partial charge in [-0.05, 0) is 42.3 Å². The second-order valence-electron chi connectivity index (χ2n) is 8.21. The van der Waals surface area contributed by atoms with Crippen LogP contribution in [0.2, 0.25) is 0 Å². The summed E-state index contributed by atoms with van der Waals surface area (Å²) in [4.78, 5) is 28.0. The number of benzene rings is 3. The molecule has 0 radical (unpaired) electrons. The van der Waals surface area contributed by atoms with Crippen LogP contribution >= 0.6 is 0 Å². The maximum absolute atomic E-state index is 14.5. The van der Waals surface area contributed by atoms with Crippen molar-refractivity contribution in [2.24, 2.45) is 0 Å². The minimum atomic E-state index is -0.877. The van der Waals surface area contributed by atoms with Gasteiger partial charge in [0.2, 0.25) is 5.91 Å². The molecule has 0 saturated carbocycles. The first-order chi connectivity index (χ1) is 17.0. The zero-order valence-electron chi connectivity index (χ0n) is 19.8. The van der Waals surface area contributed by atoms with Gasteiger partial charge in [-0.2, -0.15) is 0 Å². The summed E-state index contributed by atoms with van der Waals surface area (Å²) in [7, 11) is 0. The van der Waals surface area contributed by atoms with E-state index in [9.17, 15) is 18.4 Å². The summed E-state index contributed by atoms with van der Waals surface area (Å²) in [5.74, 6) is -1.36. The summed E-state index contributed by atoms with van der Waals surface area (Å²) < 4.78 is 33.3. The lowest BCUT2D eigenvalue weighted by Gasteiger charge is -2.31. The molecule has 1 N–H and O–H groups in total. The SMILES string of the molecule is CCCCNC(=O)[C@H](Cc1ccccc1)N(Cc1ccccc1F)C(=O)COc1ccc(F)cc1. The molecule has 3 aromatic rings. The van der Waals surface area contributed by atoms with E-state index in [1.165, 1.54) is 35.2 Å². The molecule has 0 aliphatic rings. The van der Waals surface area contributed by atoms with Crippen molar-refractivity contribution in [2.75, 3.05) is 13.2 Å². The Kier molecular flexibility index (Phi) is 9.78. The lowest BCUT2D eigenvalue weighted by molar-refractivity contribution is -0.142. The summed E-state index contributed by atoms with van der Waals surface area (Å²) in [5, 5.41) is 2.91. The molecule has 0 saturated heterocycles. The van der Waals surface area contributed by atoms with Crippen molar-refractivity contribution in [3.8, 4) is 5.75 Å². The highest BCUT2D eigenvalue weighted by molar-refractivity contribution is 5.88. The molecule has 0 unspecified atom stereocenters. The monoisotopic (exact) mass is 480 g/mol. The van der Waals surface area contributed by atoms with Crippen molar-refractivity contribution in [1.82, 2.24) is 10.2 Å². The van der Waals surface area contributed by atoms with Gasteiger partial charge in [0.1, 0.15) is 23.4 Å². The topological polar surface area (TPSA) is 58.6 Å². The van der Waals surface area contributed by atoms with Crippen LogP contribution in [-0.2, 0) is 22.6 Å². The molecule has 0 aliphatic heterocycles. The van der Waals surface area contributed by atoms with Gasteiger partial charge in [0, 0.05) is 25.1 Å². The Balaban J connectivity index is 1.88. The molecule has 35 heavy (non-hydrogen) atoms. The highest BCUT2D eigenvalue weighted by Gasteiger charge is 2.31. The summed E-state index contributed by atoms with van der Waals surface area (Å²) in [6, 6.07) is 20.0. The smallest absolute Gasteiger partial charge is 0.261 e. The van der Waals surface area contributed by atoms with Gasteiger partial charge >= 0.3 is 0 Å². The van der Waals surface area contributed by atoms with Crippen molar-refractivity contribution in [2.45, 2.75) is 38.8 Å². The molecule has 2 amide bonds. The van der Waals surface area contributed by atoms with Crippen LogP contribution in [0.25, 0.3) is 0 Å². The number of hydrogen-bond acceptors (Lipinski definition) is 3. The number of ether oxygens (including phenoxy) is 1. The zero-order valence-corrected chi connectivity index (χ0v) is 19.8. The van der Waals surface area contributed by atoms with E-state index >= 15 is 0 Å². The molecule has 0 aliphatic carbocycles. The van der Waals surface area contributed by atoms with Crippen molar-refractivity contribution in [1.29, 1.82) is 0 Å². The van der Waals surface area contributed by atoms with E-state index in [0.29, 0.717) is 17.9 Å². The molecule has 0 aromatic heterocycles. The van der Waals surface area contributed by atoms with Gasteiger partial charge in [-0.1, -0.05) is 61.9 Å². The average molecular weight is 481 g/mol. The van der Waals surface area contributed by atoms with Gasteiger partial charge in [0.25, 0.3) is 5.91 Å². The van der Waals surface area contributed by atoms with Gasteiger partial charge in [-0.15, -0.1) is 0 Å². The van der Waals surface area contributed by atoms with E-state index in [4.69, 9.17) is 4.74 Å². The number of hydrogen-bond donors (Lipinski definition) is 1. The van der Waals surface area contributed by atoms with Crippen molar-refractivity contribution in [3.05, 3.63) is 102 Å². The Morgan fingerprint density at radius 3 is 2.31 bits per heavy atom. The van der Waals surface area contributed by atoms with E-state index in [2.05, 4.69) is 5.32 Å². The standard InChI is InChI=1S/C28H30F2N2O3/c1-2-3-17-31-28(34)26(18-21-9-5-4-6-10-21)32(19-22-11-7-8-12-25(22)30)27(33)20-35-24-15-13-23(29)14-16-24/h4-16,26H,2-3,17-20H2,1H3,(H,31,34)/t26-/m0/s1. The van der Waals surface area contributed by atoms with Crippen LogP contribution in [0, 0.1) is 11.6 Å². The Bertz CT molecular complexity index is 1090. The molecular weight excluding hydrogens is 450 g/mol. The Morgan fingerprint density at radius 2 is 1.63 bits per heavy atom. The lowest BCUT2D eigenvalue weighted by Crippen LogP contribution is -2.52. The molecule has 7 heteroatoms. The van der Waals surface area contributed by atoms with Gasteiger partial charge in [-0.25, -0.2) is 8.78 Å². The number of carbonyl (C=O) groups excluding carboxylic acids is 2. The maximum Gasteiger partial charge on any atom is 0.261 e. The third-order valence-corrected chi connectivity index (χ3v) is 5.58. The quantitative estimate of drug-likeness (QED) is 0.375. The number of amides is 2. The summed E-state index contributed by atoms with van der Waals surface area (Å²) >= 11 is 0. The van der Waals surface area contributed by atoms with E-state index < -0.39 is 23.6 Å². The minimum absolute atomic E-state index is 0.100. The highest BCUT2D eigenvalue weighted by Crippen LogP contribution is 2.18. The Labute approximate surface area is 204 Å². The largest absolute Gasteiger partial charge is 0.484 e. The third kappa shape index (κ3) is 7.91. The van der Waals surface area contributed by atoms with E-state index in [1.807, 2.05) is 37.3 Å². The average Bonchev–Trinajstić information content (AvgIpc) is 2.87. The van der Waals surface area contributed by atoms with Gasteiger partial charge < -0.3 is 15.0 Å². The molecule has 3 aromatic carbocycles. The van der Waals surface area contributed by atoms with Crippen LogP contribution < -0.4 is 10.1 Å². The molecule has 0 heterocycles. The highest BCUT2D eigenvalue weighted by atomic mass is 19.1. The summed E-state index contributed by atoms with van der Waals surface area (Å²) in [5.41, 5.74) is 1.16. The van der Waals surface area contributed by atoms with E-state index in [0.717, 1.165) is 18.4 Å². The normalized spacial score (nSPS) is 11.5. The molecule has 0 fully saturated rings. The van der Waals surface area contributed by atoms with Crippen LogP contribution in [0.1, 0.15) is 30.9 Å². The molecule has 5 nitrogen and oxygen atoms in total. The molecule has 1 atom stereocenters. The van der Waals surface area contributed by atoms with Crippen LogP contribution in [0.3, 0.4) is 0 Å². The molecule has 184 valence electrons. The predicted molar refractivity (Wildman–Crippen MR) is 131 cm³/mol. The maximum atomic E-state index is 14.5. The van der Waals surface area contributed by atoms with Crippen LogP contribution in [0.5, 0.6) is 5.75 Å². The lowest BCUT2D eigenvalue weighted by atomic mass is 10.0. The van der Waals surface area contributed by atoms with Gasteiger partial charge in [0.05, 0.1) is 0 Å². The summed E-state index contributed by atoms with van der Waals surface area (Å²) in [6.07, 6.45) is 1.97. The van der Waals surface area contributed by atoms with Crippen molar-refractivity contribution in [3.63, 3.8) is 0 Å². The number of halogens is 2. The first-order valence-corrected chi connectivity index (χ1v) is 11.7. The van der Waals surface area contributed by atoms with Crippen LogP contribution in [-0.4, -0.2) is 35.9 Å². The minimum Gasteiger partial charge on any atom is -0.484 e. The fourth-order valence-corrected chi connectivity index (χ4v) is 3.63. The second kappa shape index (κ2) is 13.2. The molecule has 0 spiro atoms. The van der Waals surface area contributed by atoms with E-state index in [1.54, 1.807) is 18.2 Å². The fourth-order valence-electron chi connectivity index (χ4n) is 3.63. The van der Waals surface area contributed by atoms with Crippen LogP contribution in [0.4, 0.5) is 8.78 Å². The number of rotatable bonds is 12. The number of nitrogens with zero attached hydrogens (tertiary/aromatic N) is 1. The molecular formula is C28H30F2N2O3. The Hall–Kier alpha value is -3.74. The number of unbranched alkanes of at least 4 members (excludes halogenated alkanes) is 1. The first-order valence-electron chi connectivity index (χ1n) is 11.7. The second-order valence-corrected chi connectivity index (χ2v) is 8.21. The number of carbonyl (C=O) groups is 2. The Morgan fingerprint density at radius 1 is 0.943 bits per heavy atom. The fraction of sp³-hybridized carbons (Fsp3) is 0.286. The van der Waals surface area contributed by atoms with Gasteiger partial charge in [-0.3, -0.25) is 9.59 Å². The molecule has 3 rings (SSSR count). The van der Waals surface area contributed by atoms with Gasteiger partial charge in [0.15, 0.2) is 6.61 Å². The van der Waals surface area contributed by atoms with Crippen LogP contribution in [0.15, 0.2) is 78.9 Å². The van der Waals surface area contributed by atoms with Crippen molar-refractivity contribution < 1.29 is 23.1 Å². The molecule has 0 bridgehead atoms. The first kappa shape index (κ1) is 25.9. The third-order valence-electron chi connectivity index (χ3n) is 5.58. The van der Waals surface area contributed by atoms with E-state index in [-0.39, 0.29) is 25.5 Å². The predicted octanol–water partition coefficient (Wildman–Crippen LogP) is 4.90. The zero-order chi connectivity index (χ0) is 25.0. The van der Waals surface area contributed by atoms with Crippen molar-refractivity contribution >= 4 is 11.8 Å². The summed E-state index contributed by atoms with van der Waals surface area (Å²) in [6.45, 7) is 2.02.